The highest BCUT2D eigenvalue weighted by atomic mass is 16.7. The number of anilines is 2. The quantitative estimate of drug-likeness (QED) is 0.154. The number of hydrogen-bond donors (Lipinski definition) is 2. The third kappa shape index (κ3) is 8.66. The van der Waals surface area contributed by atoms with E-state index in [0.29, 0.717) is 12.8 Å². The monoisotopic (exact) mass is 659 g/mol. The SMILES string of the molecule is O=C(CCCN1CCCC1)Nc1ccc(-c2cc(-c3ccc4c(c3)OCO4)cc(-c3ccc(NC(=O)CCCN4CCCC4)cc3)n2)cc1. The van der Waals surface area contributed by atoms with Crippen LogP contribution in [0.1, 0.15) is 51.4 Å². The molecule has 7 rings (SSSR count). The lowest BCUT2D eigenvalue weighted by molar-refractivity contribution is -0.117. The Morgan fingerprint density at radius 1 is 0.571 bits per heavy atom. The Bertz CT molecular complexity index is 1650. The Labute approximate surface area is 288 Å². The van der Waals surface area contributed by atoms with Gasteiger partial charge in [-0.15, -0.1) is 0 Å². The number of hydrogen-bond acceptors (Lipinski definition) is 7. The molecule has 254 valence electrons. The van der Waals surface area contributed by atoms with Gasteiger partial charge >= 0.3 is 0 Å². The van der Waals surface area contributed by atoms with Gasteiger partial charge in [0, 0.05) is 35.3 Å². The van der Waals surface area contributed by atoms with Crippen LogP contribution >= 0.6 is 0 Å². The van der Waals surface area contributed by atoms with Gasteiger partial charge in [0.1, 0.15) is 0 Å². The second kappa shape index (κ2) is 15.7. The fourth-order valence-corrected chi connectivity index (χ4v) is 6.90. The zero-order valence-corrected chi connectivity index (χ0v) is 28.1. The molecule has 0 aliphatic carbocycles. The van der Waals surface area contributed by atoms with Gasteiger partial charge in [-0.1, -0.05) is 30.3 Å². The van der Waals surface area contributed by atoms with Crippen LogP contribution in [0.2, 0.25) is 0 Å². The average molecular weight is 660 g/mol. The Morgan fingerprint density at radius 3 is 1.55 bits per heavy atom. The van der Waals surface area contributed by atoms with Crippen LogP contribution in [0.25, 0.3) is 33.6 Å². The molecule has 9 nitrogen and oxygen atoms in total. The molecule has 2 saturated heterocycles. The standard InChI is InChI=1S/C40H45N5O4/c46-39(7-5-23-44-19-1-2-20-44)41-33-14-9-29(10-15-33)35-25-32(31-13-18-37-38(27-31)49-28-48-37)26-36(43-35)30-11-16-34(17-12-30)42-40(47)8-6-24-45-21-3-4-22-45/h9-18,25-27H,1-8,19-24,28H2,(H,41,46)(H,42,47). The Kier molecular flexibility index (Phi) is 10.5. The van der Waals surface area contributed by atoms with Gasteiger partial charge < -0.3 is 29.9 Å². The molecule has 0 spiro atoms. The molecule has 0 unspecified atom stereocenters. The van der Waals surface area contributed by atoms with Gasteiger partial charge in [-0.3, -0.25) is 9.59 Å². The number of carbonyl (C=O) groups is 2. The summed E-state index contributed by atoms with van der Waals surface area (Å²) in [6.07, 6.45) is 7.83. The van der Waals surface area contributed by atoms with Crippen molar-refractivity contribution in [2.45, 2.75) is 51.4 Å². The first-order valence-electron chi connectivity index (χ1n) is 17.7. The largest absolute Gasteiger partial charge is 0.454 e. The smallest absolute Gasteiger partial charge is 0.231 e. The van der Waals surface area contributed by atoms with E-state index in [1.807, 2.05) is 66.7 Å². The molecule has 3 aromatic carbocycles. The zero-order chi connectivity index (χ0) is 33.4. The maximum absolute atomic E-state index is 12.6. The van der Waals surface area contributed by atoms with Crippen molar-refractivity contribution in [3.63, 3.8) is 0 Å². The molecule has 0 saturated carbocycles. The van der Waals surface area contributed by atoms with Gasteiger partial charge in [0.2, 0.25) is 18.6 Å². The Balaban J connectivity index is 1.06. The number of ether oxygens (including phenoxy) is 2. The highest BCUT2D eigenvalue weighted by Crippen LogP contribution is 2.38. The topological polar surface area (TPSA) is 96.0 Å². The first-order chi connectivity index (χ1) is 24.1. The molecule has 4 heterocycles. The van der Waals surface area contributed by atoms with E-state index in [9.17, 15) is 9.59 Å². The second-order valence-electron chi connectivity index (χ2n) is 13.2. The molecule has 2 N–H and O–H groups in total. The summed E-state index contributed by atoms with van der Waals surface area (Å²) in [6.45, 7) is 6.78. The van der Waals surface area contributed by atoms with Crippen molar-refractivity contribution in [1.29, 1.82) is 0 Å². The van der Waals surface area contributed by atoms with E-state index in [0.717, 1.165) is 109 Å². The number of fused-ring (bicyclic) bond motifs is 1. The lowest BCUT2D eigenvalue weighted by Crippen LogP contribution is -2.22. The van der Waals surface area contributed by atoms with Crippen molar-refractivity contribution >= 4 is 23.2 Å². The number of carbonyl (C=O) groups excluding carboxylic acids is 2. The van der Waals surface area contributed by atoms with Crippen molar-refractivity contribution in [2.24, 2.45) is 0 Å². The molecule has 2 amide bonds. The lowest BCUT2D eigenvalue weighted by atomic mass is 9.99. The molecular weight excluding hydrogens is 614 g/mol. The number of benzene rings is 3. The van der Waals surface area contributed by atoms with Crippen LogP contribution in [0.15, 0.2) is 78.9 Å². The maximum Gasteiger partial charge on any atom is 0.231 e. The summed E-state index contributed by atoms with van der Waals surface area (Å²) < 4.78 is 11.2. The summed E-state index contributed by atoms with van der Waals surface area (Å²) in [5.41, 5.74) is 7.02. The summed E-state index contributed by atoms with van der Waals surface area (Å²) in [7, 11) is 0. The summed E-state index contributed by atoms with van der Waals surface area (Å²) in [5.74, 6) is 1.54. The summed E-state index contributed by atoms with van der Waals surface area (Å²) in [6, 6.07) is 25.8. The van der Waals surface area contributed by atoms with E-state index in [4.69, 9.17) is 14.5 Å². The van der Waals surface area contributed by atoms with Crippen molar-refractivity contribution in [3.05, 3.63) is 78.9 Å². The van der Waals surface area contributed by atoms with Gasteiger partial charge in [-0.2, -0.15) is 0 Å². The van der Waals surface area contributed by atoms with Crippen molar-refractivity contribution in [3.8, 4) is 45.1 Å². The molecule has 0 bridgehead atoms. The number of pyridine rings is 1. The van der Waals surface area contributed by atoms with Crippen molar-refractivity contribution in [2.75, 3.05) is 56.7 Å². The molecule has 49 heavy (non-hydrogen) atoms. The van der Waals surface area contributed by atoms with Crippen LogP contribution in [0.4, 0.5) is 11.4 Å². The summed E-state index contributed by atoms with van der Waals surface area (Å²) >= 11 is 0. The first-order valence-corrected chi connectivity index (χ1v) is 17.7. The minimum Gasteiger partial charge on any atom is -0.454 e. The number of amides is 2. The number of likely N-dealkylation sites (tertiary alicyclic amines) is 2. The summed E-state index contributed by atoms with van der Waals surface area (Å²) in [5, 5.41) is 6.10. The molecule has 9 heteroatoms. The van der Waals surface area contributed by atoms with E-state index in [1.54, 1.807) is 0 Å². The van der Waals surface area contributed by atoms with E-state index in [2.05, 4.69) is 32.6 Å². The van der Waals surface area contributed by atoms with Crippen molar-refractivity contribution < 1.29 is 19.1 Å². The summed E-state index contributed by atoms with van der Waals surface area (Å²) in [4.78, 5) is 35.2. The third-order valence-corrected chi connectivity index (χ3v) is 9.61. The number of rotatable bonds is 13. The highest BCUT2D eigenvalue weighted by molar-refractivity contribution is 5.92. The minimum atomic E-state index is 0.0406. The van der Waals surface area contributed by atoms with Crippen LogP contribution in [0.3, 0.4) is 0 Å². The molecule has 0 atom stereocenters. The van der Waals surface area contributed by atoms with E-state index in [1.165, 1.54) is 25.7 Å². The fourth-order valence-electron chi connectivity index (χ4n) is 6.90. The second-order valence-corrected chi connectivity index (χ2v) is 13.2. The molecule has 0 radical (unpaired) electrons. The number of nitrogens with one attached hydrogen (secondary N) is 2. The van der Waals surface area contributed by atoms with Gasteiger partial charge in [-0.25, -0.2) is 4.98 Å². The van der Waals surface area contributed by atoms with Crippen LogP contribution < -0.4 is 20.1 Å². The molecule has 2 fully saturated rings. The highest BCUT2D eigenvalue weighted by Gasteiger charge is 2.17. The fraction of sp³-hybridized carbons (Fsp3) is 0.375. The van der Waals surface area contributed by atoms with Crippen LogP contribution in [0, 0.1) is 0 Å². The van der Waals surface area contributed by atoms with E-state index in [-0.39, 0.29) is 18.6 Å². The van der Waals surface area contributed by atoms with Crippen LogP contribution in [-0.4, -0.2) is 72.7 Å². The number of aromatic nitrogens is 1. The van der Waals surface area contributed by atoms with Gasteiger partial charge in [0.25, 0.3) is 0 Å². The normalized spacial score (nSPS) is 15.8. The van der Waals surface area contributed by atoms with Gasteiger partial charge in [0.15, 0.2) is 11.5 Å². The molecule has 3 aliphatic rings. The molecule has 3 aliphatic heterocycles. The predicted molar refractivity (Wildman–Crippen MR) is 194 cm³/mol. The molecule has 4 aromatic rings. The number of nitrogens with zero attached hydrogens (tertiary/aromatic N) is 3. The average Bonchev–Trinajstić information content (AvgIpc) is 3.93. The zero-order valence-electron chi connectivity index (χ0n) is 28.1. The predicted octanol–water partition coefficient (Wildman–Crippen LogP) is 7.44. The molecular formula is C40H45N5O4. The molecule has 1 aromatic heterocycles. The lowest BCUT2D eigenvalue weighted by Gasteiger charge is -2.14. The maximum atomic E-state index is 12.6. The third-order valence-electron chi connectivity index (χ3n) is 9.61. The van der Waals surface area contributed by atoms with Crippen molar-refractivity contribution in [1.82, 2.24) is 14.8 Å². The van der Waals surface area contributed by atoms with Gasteiger partial charge in [0.05, 0.1) is 11.4 Å². The Morgan fingerprint density at radius 2 is 1.04 bits per heavy atom. The first kappa shape index (κ1) is 32.8. The van der Waals surface area contributed by atoms with E-state index < -0.39 is 0 Å². The van der Waals surface area contributed by atoms with Gasteiger partial charge in [-0.05, 0) is 137 Å². The van der Waals surface area contributed by atoms with Crippen LogP contribution in [-0.2, 0) is 9.59 Å². The van der Waals surface area contributed by atoms with E-state index >= 15 is 0 Å². The minimum absolute atomic E-state index is 0.0406. The Hall–Kier alpha value is -4.73. The van der Waals surface area contributed by atoms with Crippen LogP contribution in [0.5, 0.6) is 11.5 Å².